The van der Waals surface area contributed by atoms with Crippen LogP contribution in [0.5, 0.6) is 5.75 Å². The third-order valence-corrected chi connectivity index (χ3v) is 6.72. The summed E-state index contributed by atoms with van der Waals surface area (Å²) in [4.78, 5) is 54.5. The van der Waals surface area contributed by atoms with Gasteiger partial charge in [0, 0.05) is 29.9 Å². The minimum Gasteiger partial charge on any atom is -0.508 e. The second-order valence-corrected chi connectivity index (χ2v) is 10.0. The number of hydrogen-bond acceptors (Lipinski definition) is 7. The number of hydrogen-bond donors (Lipinski definition) is 8. The molecule has 0 fully saturated rings. The maximum Gasteiger partial charge on any atom is 0.326 e. The van der Waals surface area contributed by atoms with Crippen LogP contribution in [-0.4, -0.2) is 69.6 Å². The van der Waals surface area contributed by atoms with E-state index < -0.39 is 47.9 Å². The number of carboxylic acid groups (broad SMARTS) is 1. The van der Waals surface area contributed by atoms with Crippen LogP contribution in [0.25, 0.3) is 10.9 Å². The van der Waals surface area contributed by atoms with Crippen LogP contribution in [0.4, 0.5) is 0 Å². The van der Waals surface area contributed by atoms with E-state index in [9.17, 15) is 29.4 Å². The van der Waals surface area contributed by atoms with E-state index in [-0.39, 0.29) is 25.0 Å². The fraction of sp³-hybridized carbons (Fsp3) is 0.379. The summed E-state index contributed by atoms with van der Waals surface area (Å²) in [6, 6.07) is 9.30. The van der Waals surface area contributed by atoms with Gasteiger partial charge in [-0.15, -0.1) is 0 Å². The van der Waals surface area contributed by atoms with E-state index in [1.54, 1.807) is 18.3 Å². The Morgan fingerprint density at radius 2 is 1.46 bits per heavy atom. The standard InChI is InChI=1S/C29H38N6O6/c1-17(31)26(37)34-24(14-18-9-11-20(36)12-10-18)27(38)35-25(15-19-16-32-22-7-3-2-6-21(19)22)28(39)33-23(29(40)41)8-4-5-13-30/h2-3,6-7,9-12,16-17,23-25,32,36H,4-5,8,13-15,30-31H2,1H3,(H,33,39)(H,34,37)(H,35,38)(H,40,41). The van der Waals surface area contributed by atoms with Crippen LogP contribution in [0.1, 0.15) is 37.3 Å². The molecule has 0 aliphatic heterocycles. The van der Waals surface area contributed by atoms with Gasteiger partial charge < -0.3 is 42.6 Å². The average Bonchev–Trinajstić information content (AvgIpc) is 3.35. The molecule has 0 aliphatic rings. The Hall–Kier alpha value is -4.42. The predicted molar refractivity (Wildman–Crippen MR) is 154 cm³/mol. The van der Waals surface area contributed by atoms with Gasteiger partial charge in [-0.05, 0) is 62.1 Å². The number of aromatic amines is 1. The summed E-state index contributed by atoms with van der Waals surface area (Å²) in [5.74, 6) is -3.04. The molecule has 0 spiro atoms. The molecule has 4 unspecified atom stereocenters. The number of carboxylic acids is 1. The third kappa shape index (κ3) is 9.05. The van der Waals surface area contributed by atoms with Crippen molar-refractivity contribution in [3.8, 4) is 5.75 Å². The number of para-hydroxylation sites is 1. The topological polar surface area (TPSA) is 213 Å². The highest BCUT2D eigenvalue weighted by Gasteiger charge is 2.30. The van der Waals surface area contributed by atoms with Crippen molar-refractivity contribution >= 4 is 34.6 Å². The molecule has 0 saturated carbocycles. The molecule has 0 bridgehead atoms. The number of aliphatic carboxylic acids is 1. The second kappa shape index (κ2) is 14.8. The molecular weight excluding hydrogens is 528 g/mol. The van der Waals surface area contributed by atoms with E-state index in [0.29, 0.717) is 24.9 Å². The second-order valence-electron chi connectivity index (χ2n) is 10.0. The number of fused-ring (bicyclic) bond motifs is 1. The predicted octanol–water partition coefficient (Wildman–Crippen LogP) is 0.674. The van der Waals surface area contributed by atoms with Crippen LogP contribution in [0.3, 0.4) is 0 Å². The molecule has 4 atom stereocenters. The van der Waals surface area contributed by atoms with Gasteiger partial charge in [0.2, 0.25) is 17.7 Å². The molecular formula is C29H38N6O6. The number of aromatic nitrogens is 1. The van der Waals surface area contributed by atoms with Gasteiger partial charge in [0.15, 0.2) is 0 Å². The molecule has 1 heterocycles. The van der Waals surface area contributed by atoms with Crippen molar-refractivity contribution in [1.82, 2.24) is 20.9 Å². The van der Waals surface area contributed by atoms with E-state index in [1.807, 2.05) is 24.3 Å². The Kier molecular flexibility index (Phi) is 11.2. The first-order valence-electron chi connectivity index (χ1n) is 13.5. The maximum atomic E-state index is 13.6. The van der Waals surface area contributed by atoms with Crippen LogP contribution >= 0.6 is 0 Å². The molecule has 12 nitrogen and oxygen atoms in total. The lowest BCUT2D eigenvalue weighted by molar-refractivity contribution is -0.142. The fourth-order valence-electron chi connectivity index (χ4n) is 4.40. The number of phenolic OH excluding ortho intramolecular Hbond substituents is 1. The van der Waals surface area contributed by atoms with Crippen LogP contribution < -0.4 is 27.4 Å². The smallest absolute Gasteiger partial charge is 0.326 e. The van der Waals surface area contributed by atoms with Crippen molar-refractivity contribution in [3.05, 3.63) is 65.9 Å². The quantitative estimate of drug-likeness (QED) is 0.122. The monoisotopic (exact) mass is 566 g/mol. The fourth-order valence-corrected chi connectivity index (χ4v) is 4.40. The number of phenols is 1. The van der Waals surface area contributed by atoms with Crippen molar-refractivity contribution in [2.45, 2.75) is 63.2 Å². The number of unbranched alkanes of at least 4 members (excludes halogenated alkanes) is 1. The highest BCUT2D eigenvalue weighted by atomic mass is 16.4. The molecule has 2 aromatic carbocycles. The summed E-state index contributed by atoms with van der Waals surface area (Å²) >= 11 is 0. The maximum absolute atomic E-state index is 13.6. The number of nitrogens with one attached hydrogen (secondary N) is 4. The van der Waals surface area contributed by atoms with Crippen LogP contribution in [0.15, 0.2) is 54.7 Å². The molecule has 41 heavy (non-hydrogen) atoms. The summed E-state index contributed by atoms with van der Waals surface area (Å²) in [7, 11) is 0. The molecule has 220 valence electrons. The highest BCUT2D eigenvalue weighted by molar-refractivity contribution is 5.95. The van der Waals surface area contributed by atoms with Crippen LogP contribution in [0.2, 0.25) is 0 Å². The summed E-state index contributed by atoms with van der Waals surface area (Å²) in [6.45, 7) is 1.88. The first kappa shape index (κ1) is 31.1. The summed E-state index contributed by atoms with van der Waals surface area (Å²) in [6.07, 6.45) is 3.14. The minimum atomic E-state index is -1.19. The number of benzene rings is 2. The lowest BCUT2D eigenvalue weighted by atomic mass is 10.0. The first-order valence-corrected chi connectivity index (χ1v) is 13.5. The number of nitrogens with two attached hydrogens (primary N) is 2. The Morgan fingerprint density at radius 3 is 2.10 bits per heavy atom. The van der Waals surface area contributed by atoms with Gasteiger partial charge in [0.05, 0.1) is 6.04 Å². The molecule has 0 saturated heterocycles. The molecule has 0 aliphatic carbocycles. The first-order chi connectivity index (χ1) is 19.6. The number of H-pyrrole nitrogens is 1. The normalized spacial score (nSPS) is 14.0. The zero-order valence-corrected chi connectivity index (χ0v) is 22.9. The third-order valence-electron chi connectivity index (χ3n) is 6.72. The van der Waals surface area contributed by atoms with Gasteiger partial charge in [-0.3, -0.25) is 14.4 Å². The van der Waals surface area contributed by atoms with E-state index in [2.05, 4.69) is 20.9 Å². The Balaban J connectivity index is 1.88. The van der Waals surface area contributed by atoms with Crippen molar-refractivity contribution in [2.75, 3.05) is 6.54 Å². The van der Waals surface area contributed by atoms with E-state index >= 15 is 0 Å². The average molecular weight is 567 g/mol. The number of rotatable bonds is 15. The molecule has 3 aromatic rings. The van der Waals surface area contributed by atoms with Crippen molar-refractivity contribution in [2.24, 2.45) is 11.5 Å². The lowest BCUT2D eigenvalue weighted by Gasteiger charge is -2.25. The van der Waals surface area contributed by atoms with Crippen LogP contribution in [0, 0.1) is 0 Å². The molecule has 10 N–H and O–H groups in total. The molecule has 12 heteroatoms. The van der Waals surface area contributed by atoms with Gasteiger partial charge in [0.25, 0.3) is 0 Å². The Labute approximate surface area is 237 Å². The lowest BCUT2D eigenvalue weighted by Crippen LogP contribution is -2.58. The Morgan fingerprint density at radius 1 is 0.854 bits per heavy atom. The van der Waals surface area contributed by atoms with E-state index in [1.165, 1.54) is 19.1 Å². The van der Waals surface area contributed by atoms with E-state index in [4.69, 9.17) is 11.5 Å². The Bertz CT molecular complexity index is 1340. The highest BCUT2D eigenvalue weighted by Crippen LogP contribution is 2.20. The molecule has 1 aromatic heterocycles. The van der Waals surface area contributed by atoms with Crippen molar-refractivity contribution in [3.63, 3.8) is 0 Å². The molecule has 3 amide bonds. The molecule has 0 radical (unpaired) electrons. The number of aromatic hydroxyl groups is 1. The summed E-state index contributed by atoms with van der Waals surface area (Å²) < 4.78 is 0. The molecule has 3 rings (SSSR count). The van der Waals surface area contributed by atoms with Gasteiger partial charge >= 0.3 is 5.97 Å². The van der Waals surface area contributed by atoms with Crippen molar-refractivity contribution in [1.29, 1.82) is 0 Å². The zero-order valence-electron chi connectivity index (χ0n) is 22.9. The van der Waals surface area contributed by atoms with Gasteiger partial charge in [-0.2, -0.15) is 0 Å². The largest absolute Gasteiger partial charge is 0.508 e. The summed E-state index contributed by atoms with van der Waals surface area (Å²) in [5.41, 5.74) is 13.5. The van der Waals surface area contributed by atoms with Crippen molar-refractivity contribution < 1.29 is 29.4 Å². The SMILES string of the molecule is CC(N)C(=O)NC(Cc1ccc(O)cc1)C(=O)NC(Cc1c[nH]c2ccccc12)C(=O)NC(CCCCN)C(=O)O. The summed E-state index contributed by atoms with van der Waals surface area (Å²) in [5, 5.41) is 28.1. The number of carbonyl (C=O) groups is 4. The van der Waals surface area contributed by atoms with Gasteiger partial charge in [-0.25, -0.2) is 4.79 Å². The zero-order chi connectivity index (χ0) is 29.9. The van der Waals surface area contributed by atoms with Gasteiger partial charge in [0.1, 0.15) is 23.9 Å². The van der Waals surface area contributed by atoms with E-state index in [0.717, 1.165) is 16.5 Å². The minimum absolute atomic E-state index is 0.0456. The number of amides is 3. The number of carbonyl (C=O) groups excluding carboxylic acids is 3. The van der Waals surface area contributed by atoms with Crippen LogP contribution in [-0.2, 0) is 32.0 Å². The van der Waals surface area contributed by atoms with Gasteiger partial charge in [-0.1, -0.05) is 30.3 Å².